The maximum Gasteiger partial charge on any atom is 0.335 e. The number of carbonyl (C=O) groups excluding carboxylic acids is 1. The highest BCUT2D eigenvalue weighted by atomic mass is 19.1. The van der Waals surface area contributed by atoms with Crippen LogP contribution in [-0.2, 0) is 4.79 Å². The minimum absolute atomic E-state index is 0.0589. The molecule has 1 rings (SSSR count). The smallest absolute Gasteiger partial charge is 0.335 e. The number of amides is 1. The predicted molar refractivity (Wildman–Crippen MR) is 75.3 cm³/mol. The Kier molecular flexibility index (Phi) is 5.25. The number of aromatic carboxylic acids is 1. The van der Waals surface area contributed by atoms with Crippen molar-refractivity contribution >= 4 is 17.6 Å². The number of hydrogen-bond donors (Lipinski definition) is 2. The van der Waals surface area contributed by atoms with Crippen molar-refractivity contribution in [3.05, 3.63) is 29.6 Å². The van der Waals surface area contributed by atoms with Crippen molar-refractivity contribution in [2.45, 2.75) is 40.0 Å². The van der Waals surface area contributed by atoms with Crippen LogP contribution in [0, 0.1) is 11.2 Å². The Balaban J connectivity index is 2.62. The lowest BCUT2D eigenvalue weighted by molar-refractivity contribution is -0.116. The lowest BCUT2D eigenvalue weighted by Crippen LogP contribution is -2.14. The quantitative estimate of drug-likeness (QED) is 0.865. The van der Waals surface area contributed by atoms with Crippen LogP contribution in [0.2, 0.25) is 0 Å². The molecule has 0 spiro atoms. The monoisotopic (exact) mass is 281 g/mol. The van der Waals surface area contributed by atoms with Gasteiger partial charge in [-0.3, -0.25) is 4.79 Å². The zero-order valence-corrected chi connectivity index (χ0v) is 12.0. The number of rotatable bonds is 5. The Hall–Kier alpha value is -1.91. The first-order valence-corrected chi connectivity index (χ1v) is 6.52. The summed E-state index contributed by atoms with van der Waals surface area (Å²) in [5.74, 6) is -2.11. The largest absolute Gasteiger partial charge is 0.478 e. The van der Waals surface area contributed by atoms with E-state index in [9.17, 15) is 14.0 Å². The van der Waals surface area contributed by atoms with Gasteiger partial charge in [-0.1, -0.05) is 20.8 Å². The molecule has 5 heteroatoms. The summed E-state index contributed by atoms with van der Waals surface area (Å²) < 4.78 is 13.5. The minimum atomic E-state index is -1.16. The Labute approximate surface area is 118 Å². The standard InChI is InChI=1S/C15H20FNO3/c1-15(2,3)8-4-5-13(18)17-12-9-10(14(19)20)6-7-11(12)16/h6-7,9H,4-5,8H2,1-3H3,(H,17,18)(H,19,20). The summed E-state index contributed by atoms with van der Waals surface area (Å²) >= 11 is 0. The second-order valence-corrected chi connectivity index (χ2v) is 5.96. The fraction of sp³-hybridized carbons (Fsp3) is 0.467. The number of halogens is 1. The van der Waals surface area contributed by atoms with Gasteiger partial charge in [-0.15, -0.1) is 0 Å². The highest BCUT2D eigenvalue weighted by Crippen LogP contribution is 2.22. The molecular formula is C15H20FNO3. The van der Waals surface area contributed by atoms with E-state index >= 15 is 0 Å². The third-order valence-corrected chi connectivity index (χ3v) is 2.82. The second kappa shape index (κ2) is 6.50. The number of hydrogen-bond acceptors (Lipinski definition) is 2. The van der Waals surface area contributed by atoms with E-state index in [1.54, 1.807) is 0 Å². The Morgan fingerprint density at radius 1 is 1.30 bits per heavy atom. The van der Waals surface area contributed by atoms with E-state index in [-0.39, 0.29) is 29.0 Å². The molecule has 0 saturated heterocycles. The second-order valence-electron chi connectivity index (χ2n) is 5.96. The zero-order valence-electron chi connectivity index (χ0n) is 12.0. The van der Waals surface area contributed by atoms with E-state index in [1.165, 1.54) is 0 Å². The third kappa shape index (κ3) is 5.38. The summed E-state index contributed by atoms with van der Waals surface area (Å²) in [5, 5.41) is 11.2. The average Bonchev–Trinajstić information content (AvgIpc) is 2.30. The van der Waals surface area contributed by atoms with Crippen molar-refractivity contribution in [3.63, 3.8) is 0 Å². The maximum atomic E-state index is 13.5. The molecule has 4 nitrogen and oxygen atoms in total. The molecule has 0 fully saturated rings. The molecule has 0 heterocycles. The first kappa shape index (κ1) is 16.1. The van der Waals surface area contributed by atoms with Crippen molar-refractivity contribution in [3.8, 4) is 0 Å². The fourth-order valence-electron chi connectivity index (χ4n) is 1.75. The van der Waals surface area contributed by atoms with Crippen LogP contribution in [0.5, 0.6) is 0 Å². The van der Waals surface area contributed by atoms with Crippen LogP contribution in [0.1, 0.15) is 50.4 Å². The van der Waals surface area contributed by atoms with Crippen molar-refractivity contribution in [1.82, 2.24) is 0 Å². The van der Waals surface area contributed by atoms with E-state index in [4.69, 9.17) is 5.11 Å². The molecule has 0 saturated carbocycles. The van der Waals surface area contributed by atoms with Gasteiger partial charge in [0.25, 0.3) is 0 Å². The third-order valence-electron chi connectivity index (χ3n) is 2.82. The average molecular weight is 281 g/mol. The summed E-state index contributed by atoms with van der Waals surface area (Å²) in [6, 6.07) is 3.32. The number of benzene rings is 1. The van der Waals surface area contributed by atoms with Gasteiger partial charge in [-0.2, -0.15) is 0 Å². The summed E-state index contributed by atoms with van der Waals surface area (Å²) in [4.78, 5) is 22.5. The zero-order chi connectivity index (χ0) is 15.3. The van der Waals surface area contributed by atoms with Crippen LogP contribution in [-0.4, -0.2) is 17.0 Å². The molecule has 0 aromatic heterocycles. The number of carboxylic acids is 1. The summed E-state index contributed by atoms with van der Waals surface area (Å²) in [5.41, 5.74) is -0.00331. The van der Waals surface area contributed by atoms with Gasteiger partial charge in [0.05, 0.1) is 11.3 Å². The van der Waals surface area contributed by atoms with E-state index in [1.807, 2.05) is 0 Å². The van der Waals surface area contributed by atoms with E-state index in [0.29, 0.717) is 6.42 Å². The van der Waals surface area contributed by atoms with Gasteiger partial charge < -0.3 is 10.4 Å². The molecule has 1 aromatic rings. The van der Waals surface area contributed by atoms with Crippen LogP contribution < -0.4 is 5.32 Å². The molecule has 0 aliphatic heterocycles. The van der Waals surface area contributed by atoms with Gasteiger partial charge >= 0.3 is 5.97 Å². The summed E-state index contributed by atoms with van der Waals surface area (Å²) in [6.07, 6.45) is 1.88. The van der Waals surface area contributed by atoms with Crippen LogP contribution in [0.25, 0.3) is 0 Å². The molecule has 0 aliphatic carbocycles. The van der Waals surface area contributed by atoms with Crippen LogP contribution in [0.3, 0.4) is 0 Å². The molecule has 2 N–H and O–H groups in total. The number of carboxylic acid groups (broad SMARTS) is 1. The maximum absolute atomic E-state index is 13.5. The fourth-order valence-corrected chi connectivity index (χ4v) is 1.75. The molecule has 20 heavy (non-hydrogen) atoms. The molecule has 110 valence electrons. The molecule has 0 atom stereocenters. The first-order chi connectivity index (χ1) is 9.19. The number of nitrogens with one attached hydrogen (secondary N) is 1. The van der Waals surface area contributed by atoms with Crippen molar-refractivity contribution in [1.29, 1.82) is 0 Å². The van der Waals surface area contributed by atoms with E-state index in [2.05, 4.69) is 26.1 Å². The SMILES string of the molecule is CC(C)(C)CCCC(=O)Nc1cc(C(=O)O)ccc1F. The Morgan fingerprint density at radius 2 is 1.95 bits per heavy atom. The Bertz CT molecular complexity index is 506. The summed E-state index contributed by atoms with van der Waals surface area (Å²) in [6.45, 7) is 6.25. The van der Waals surface area contributed by atoms with Gasteiger partial charge in [-0.05, 0) is 36.5 Å². The molecule has 1 amide bonds. The normalized spacial score (nSPS) is 11.2. The lowest BCUT2D eigenvalue weighted by Gasteiger charge is -2.17. The van der Waals surface area contributed by atoms with Crippen molar-refractivity contribution < 1.29 is 19.1 Å². The predicted octanol–water partition coefficient (Wildman–Crippen LogP) is 3.68. The van der Waals surface area contributed by atoms with E-state index < -0.39 is 11.8 Å². The molecule has 0 unspecified atom stereocenters. The van der Waals surface area contributed by atoms with Gasteiger partial charge in [-0.25, -0.2) is 9.18 Å². The molecule has 0 radical (unpaired) electrons. The van der Waals surface area contributed by atoms with Gasteiger partial charge in [0.2, 0.25) is 5.91 Å². The molecule has 0 aliphatic rings. The van der Waals surface area contributed by atoms with Crippen LogP contribution in [0.4, 0.5) is 10.1 Å². The van der Waals surface area contributed by atoms with Crippen LogP contribution in [0.15, 0.2) is 18.2 Å². The Morgan fingerprint density at radius 3 is 2.50 bits per heavy atom. The lowest BCUT2D eigenvalue weighted by atomic mass is 9.90. The highest BCUT2D eigenvalue weighted by molar-refractivity contribution is 5.94. The first-order valence-electron chi connectivity index (χ1n) is 6.52. The number of carbonyl (C=O) groups is 2. The highest BCUT2D eigenvalue weighted by Gasteiger charge is 2.13. The van der Waals surface area contributed by atoms with Gasteiger partial charge in [0.1, 0.15) is 5.82 Å². The minimum Gasteiger partial charge on any atom is -0.478 e. The molecule has 1 aromatic carbocycles. The van der Waals surface area contributed by atoms with Gasteiger partial charge in [0, 0.05) is 6.42 Å². The van der Waals surface area contributed by atoms with Crippen molar-refractivity contribution in [2.75, 3.05) is 5.32 Å². The molecule has 0 bridgehead atoms. The van der Waals surface area contributed by atoms with E-state index in [0.717, 1.165) is 24.6 Å². The number of anilines is 1. The van der Waals surface area contributed by atoms with Crippen molar-refractivity contribution in [2.24, 2.45) is 5.41 Å². The molecular weight excluding hydrogens is 261 g/mol. The topological polar surface area (TPSA) is 66.4 Å². The van der Waals surface area contributed by atoms with Crippen LogP contribution >= 0.6 is 0 Å². The summed E-state index contributed by atoms with van der Waals surface area (Å²) in [7, 11) is 0. The van der Waals surface area contributed by atoms with Gasteiger partial charge in [0.15, 0.2) is 0 Å².